The van der Waals surface area contributed by atoms with Crippen LogP contribution in [0.25, 0.3) is 10.9 Å². The van der Waals surface area contributed by atoms with Crippen LogP contribution in [0.4, 0.5) is 11.4 Å². The van der Waals surface area contributed by atoms with Crippen molar-refractivity contribution >= 4 is 28.2 Å². The predicted molar refractivity (Wildman–Crippen MR) is 99.3 cm³/mol. The SMILES string of the molecule is Cc1cc(N2CCCN(C(=O)C3CC3)CC2)c2cc([N+](=O)[O-])ccc2n1. The molecule has 2 fully saturated rings. The van der Waals surface area contributed by atoms with Crippen LogP contribution >= 0.6 is 0 Å². The average molecular weight is 354 g/mol. The maximum atomic E-state index is 12.4. The first-order chi connectivity index (χ1) is 12.5. The van der Waals surface area contributed by atoms with E-state index in [4.69, 9.17) is 0 Å². The van der Waals surface area contributed by atoms with Crippen molar-refractivity contribution in [1.82, 2.24) is 9.88 Å². The number of nitro groups is 1. The molecule has 2 aliphatic rings. The molecule has 0 N–H and O–H groups in total. The number of nitro benzene ring substituents is 1. The van der Waals surface area contributed by atoms with Gasteiger partial charge in [0.05, 0.1) is 10.4 Å². The lowest BCUT2D eigenvalue weighted by atomic mass is 10.1. The molecule has 1 saturated carbocycles. The lowest BCUT2D eigenvalue weighted by Gasteiger charge is -2.25. The summed E-state index contributed by atoms with van der Waals surface area (Å²) in [4.78, 5) is 31.9. The van der Waals surface area contributed by atoms with Crippen LogP contribution in [-0.4, -0.2) is 46.9 Å². The van der Waals surface area contributed by atoms with Gasteiger partial charge in [-0.25, -0.2) is 0 Å². The summed E-state index contributed by atoms with van der Waals surface area (Å²) < 4.78 is 0. The number of non-ortho nitro benzene ring substituents is 1. The lowest BCUT2D eigenvalue weighted by Crippen LogP contribution is -2.36. The van der Waals surface area contributed by atoms with Gasteiger partial charge < -0.3 is 9.80 Å². The van der Waals surface area contributed by atoms with Gasteiger partial charge >= 0.3 is 0 Å². The van der Waals surface area contributed by atoms with Gasteiger partial charge in [0.25, 0.3) is 5.69 Å². The number of anilines is 1. The summed E-state index contributed by atoms with van der Waals surface area (Å²) >= 11 is 0. The minimum atomic E-state index is -0.373. The monoisotopic (exact) mass is 354 g/mol. The molecule has 1 aliphatic carbocycles. The summed E-state index contributed by atoms with van der Waals surface area (Å²) in [5, 5.41) is 12.0. The zero-order valence-corrected chi connectivity index (χ0v) is 14.9. The number of rotatable bonds is 3. The molecule has 0 radical (unpaired) electrons. The Hall–Kier alpha value is -2.70. The normalized spacial score (nSPS) is 18.0. The molecule has 136 valence electrons. The number of carbonyl (C=O) groups excluding carboxylic acids is 1. The second-order valence-corrected chi connectivity index (χ2v) is 7.18. The molecule has 7 heteroatoms. The van der Waals surface area contributed by atoms with Gasteiger partial charge in [-0.2, -0.15) is 0 Å². The van der Waals surface area contributed by atoms with E-state index in [0.29, 0.717) is 12.5 Å². The lowest BCUT2D eigenvalue weighted by molar-refractivity contribution is -0.384. The van der Waals surface area contributed by atoms with E-state index in [1.807, 2.05) is 17.9 Å². The highest BCUT2D eigenvalue weighted by Gasteiger charge is 2.34. The first-order valence-electron chi connectivity index (χ1n) is 9.12. The predicted octanol–water partition coefficient (Wildman–Crippen LogP) is 2.90. The van der Waals surface area contributed by atoms with Crippen molar-refractivity contribution < 1.29 is 9.72 Å². The fourth-order valence-electron chi connectivity index (χ4n) is 3.67. The van der Waals surface area contributed by atoms with Gasteiger partial charge in [-0.05, 0) is 38.3 Å². The van der Waals surface area contributed by atoms with Gasteiger partial charge in [-0.3, -0.25) is 19.9 Å². The second kappa shape index (κ2) is 6.55. The maximum absolute atomic E-state index is 12.4. The third-order valence-electron chi connectivity index (χ3n) is 5.18. The van der Waals surface area contributed by atoms with Crippen molar-refractivity contribution in [3.05, 3.63) is 40.1 Å². The molecule has 1 aromatic heterocycles. The molecule has 1 aromatic carbocycles. The van der Waals surface area contributed by atoms with E-state index in [9.17, 15) is 14.9 Å². The van der Waals surface area contributed by atoms with Crippen LogP contribution in [0.5, 0.6) is 0 Å². The van der Waals surface area contributed by atoms with Crippen LogP contribution < -0.4 is 4.90 Å². The van der Waals surface area contributed by atoms with Crippen molar-refractivity contribution in [2.45, 2.75) is 26.2 Å². The number of benzene rings is 1. The maximum Gasteiger partial charge on any atom is 0.270 e. The third-order valence-corrected chi connectivity index (χ3v) is 5.18. The molecule has 1 aliphatic heterocycles. The molecule has 1 saturated heterocycles. The minimum Gasteiger partial charge on any atom is -0.369 e. The van der Waals surface area contributed by atoms with Gasteiger partial charge in [0.15, 0.2) is 0 Å². The van der Waals surface area contributed by atoms with Crippen LogP contribution in [0.1, 0.15) is 25.0 Å². The molecule has 1 amide bonds. The Balaban J connectivity index is 1.65. The number of aromatic nitrogens is 1. The van der Waals surface area contributed by atoms with Gasteiger partial charge in [0.1, 0.15) is 0 Å². The molecule has 0 atom stereocenters. The first kappa shape index (κ1) is 16.8. The molecule has 0 unspecified atom stereocenters. The summed E-state index contributed by atoms with van der Waals surface area (Å²) in [6, 6.07) is 6.81. The molecule has 0 bridgehead atoms. The molecule has 2 aromatic rings. The molecule has 4 rings (SSSR count). The van der Waals surface area contributed by atoms with E-state index in [1.54, 1.807) is 12.1 Å². The number of nitrogens with zero attached hydrogens (tertiary/aromatic N) is 4. The standard InChI is InChI=1S/C19H22N4O3/c1-13-11-18(16-12-15(23(25)26)5-6-17(16)20-13)21-7-2-8-22(10-9-21)19(24)14-3-4-14/h5-6,11-12,14H,2-4,7-10H2,1H3. The van der Waals surface area contributed by atoms with Crippen LogP contribution in [0.3, 0.4) is 0 Å². The second-order valence-electron chi connectivity index (χ2n) is 7.18. The highest BCUT2D eigenvalue weighted by Crippen LogP contribution is 2.33. The van der Waals surface area contributed by atoms with Crippen molar-refractivity contribution in [2.75, 3.05) is 31.1 Å². The topological polar surface area (TPSA) is 79.6 Å². The Morgan fingerprint density at radius 3 is 2.73 bits per heavy atom. The molecule has 7 nitrogen and oxygen atoms in total. The number of hydrogen-bond acceptors (Lipinski definition) is 5. The Kier molecular flexibility index (Phi) is 4.22. The van der Waals surface area contributed by atoms with E-state index in [-0.39, 0.29) is 16.5 Å². The Bertz CT molecular complexity index is 878. The summed E-state index contributed by atoms with van der Waals surface area (Å²) in [6.45, 7) is 4.99. The molecule has 2 heterocycles. The van der Waals surface area contributed by atoms with Gasteiger partial charge in [-0.1, -0.05) is 0 Å². The highest BCUT2D eigenvalue weighted by molar-refractivity contribution is 5.93. The number of pyridine rings is 1. The van der Waals surface area contributed by atoms with E-state index >= 15 is 0 Å². The Morgan fingerprint density at radius 1 is 1.19 bits per heavy atom. The molecular formula is C19H22N4O3. The zero-order valence-electron chi connectivity index (χ0n) is 14.9. The molecule has 26 heavy (non-hydrogen) atoms. The number of aryl methyl sites for hydroxylation is 1. The van der Waals surface area contributed by atoms with Crippen LogP contribution in [0, 0.1) is 23.0 Å². The number of amides is 1. The van der Waals surface area contributed by atoms with Crippen LogP contribution in [0.2, 0.25) is 0 Å². The smallest absolute Gasteiger partial charge is 0.270 e. The summed E-state index contributed by atoms with van der Waals surface area (Å²) in [5.74, 6) is 0.534. The summed E-state index contributed by atoms with van der Waals surface area (Å²) in [5.41, 5.74) is 2.69. The minimum absolute atomic E-state index is 0.0739. The van der Waals surface area contributed by atoms with Crippen LogP contribution in [-0.2, 0) is 4.79 Å². The number of carbonyl (C=O) groups is 1. The van der Waals surface area contributed by atoms with Crippen molar-refractivity contribution in [2.24, 2.45) is 5.92 Å². The van der Waals surface area contributed by atoms with Gasteiger partial charge in [0.2, 0.25) is 5.91 Å². The highest BCUT2D eigenvalue weighted by atomic mass is 16.6. The van der Waals surface area contributed by atoms with Crippen molar-refractivity contribution in [3.8, 4) is 0 Å². The Labute approximate surface area is 151 Å². The molecular weight excluding hydrogens is 332 g/mol. The quantitative estimate of drug-likeness (QED) is 0.625. The summed E-state index contributed by atoms with van der Waals surface area (Å²) in [7, 11) is 0. The Morgan fingerprint density at radius 2 is 2.00 bits per heavy atom. The van der Waals surface area contributed by atoms with Gasteiger partial charge in [-0.15, -0.1) is 0 Å². The van der Waals surface area contributed by atoms with E-state index < -0.39 is 0 Å². The fourth-order valence-corrected chi connectivity index (χ4v) is 3.67. The third kappa shape index (κ3) is 3.21. The zero-order chi connectivity index (χ0) is 18.3. The van der Waals surface area contributed by atoms with Crippen LogP contribution in [0.15, 0.2) is 24.3 Å². The van der Waals surface area contributed by atoms with E-state index in [1.165, 1.54) is 6.07 Å². The van der Waals surface area contributed by atoms with Crippen molar-refractivity contribution in [1.29, 1.82) is 0 Å². The average Bonchev–Trinajstić information content (AvgIpc) is 3.46. The fraction of sp³-hybridized carbons (Fsp3) is 0.474. The van der Waals surface area contributed by atoms with E-state index in [0.717, 1.165) is 61.2 Å². The largest absolute Gasteiger partial charge is 0.369 e. The molecule has 0 spiro atoms. The van der Waals surface area contributed by atoms with Gasteiger partial charge in [0, 0.05) is 61.0 Å². The summed E-state index contributed by atoms with van der Waals surface area (Å²) in [6.07, 6.45) is 2.95. The first-order valence-corrected chi connectivity index (χ1v) is 9.12. The number of fused-ring (bicyclic) bond motifs is 1. The van der Waals surface area contributed by atoms with Crippen molar-refractivity contribution in [3.63, 3.8) is 0 Å². The number of hydrogen-bond donors (Lipinski definition) is 0. The van der Waals surface area contributed by atoms with E-state index in [2.05, 4.69) is 9.88 Å².